The molecule has 0 amide bonds. The van der Waals surface area contributed by atoms with Crippen molar-refractivity contribution in [3.8, 4) is 6.07 Å². The molecule has 0 spiro atoms. The number of halogens is 3. The Morgan fingerprint density at radius 3 is 2.58 bits per heavy atom. The number of benzene rings is 3. The van der Waals surface area contributed by atoms with Crippen LogP contribution in [0.1, 0.15) is 30.0 Å². The minimum atomic E-state index is -0.525. The third-order valence-corrected chi connectivity index (χ3v) is 7.11. The van der Waals surface area contributed by atoms with Crippen LogP contribution in [-0.2, 0) is 0 Å². The second-order valence-corrected chi connectivity index (χ2v) is 10.0. The van der Waals surface area contributed by atoms with Crippen LogP contribution >= 0.6 is 23.2 Å². The number of nitriles is 1. The van der Waals surface area contributed by atoms with Crippen molar-refractivity contribution in [1.82, 2.24) is 21.0 Å². The van der Waals surface area contributed by atoms with E-state index in [0.29, 0.717) is 38.9 Å². The summed E-state index contributed by atoms with van der Waals surface area (Å²) in [6.45, 7) is 0. The Morgan fingerprint density at radius 2 is 1.84 bits per heavy atom. The summed E-state index contributed by atoms with van der Waals surface area (Å²) in [6, 6.07) is 20.6. The van der Waals surface area contributed by atoms with Crippen molar-refractivity contribution in [2.24, 2.45) is 0 Å². The number of aromatic nitrogens is 1. The number of rotatable bonds is 7. The molecule has 0 unspecified atom stereocenters. The summed E-state index contributed by atoms with van der Waals surface area (Å²) in [4.78, 5) is 4.43. The predicted molar refractivity (Wildman–Crippen MR) is 148 cm³/mol. The van der Waals surface area contributed by atoms with E-state index in [0.717, 1.165) is 29.8 Å². The molecule has 1 aliphatic carbocycles. The van der Waals surface area contributed by atoms with Crippen LogP contribution in [0.4, 0.5) is 21.5 Å². The molecule has 10 heteroatoms. The van der Waals surface area contributed by atoms with Crippen molar-refractivity contribution in [3.05, 3.63) is 106 Å². The van der Waals surface area contributed by atoms with Gasteiger partial charge in [-0.25, -0.2) is 4.39 Å². The molecule has 6 rings (SSSR count). The first-order valence-corrected chi connectivity index (χ1v) is 12.8. The van der Waals surface area contributed by atoms with Gasteiger partial charge in [0.2, 0.25) is 0 Å². The first kappa shape index (κ1) is 24.3. The number of nitrogens with zero attached hydrogens (tertiary/aromatic N) is 3. The predicted octanol–water partition coefficient (Wildman–Crippen LogP) is 6.78. The Bertz CT molecular complexity index is 1600. The van der Waals surface area contributed by atoms with Gasteiger partial charge < -0.3 is 16.1 Å². The van der Waals surface area contributed by atoms with Crippen LogP contribution < -0.4 is 21.6 Å². The standard InChI is InChI=1S/C28H22Cl2FN7/c29-22-11-18(6-9-24(22)31)34-26-17(13-32)14-33-28-21(26)10-19(12-23(28)30)35-27(16-4-2-1-3-5-16)25-15-38(37-36-25)20-7-8-20/h1-6,9-12,14-15,20,27,35-37H,7-8H2,(H,33,34)/t27-/m0/s1. The number of hydrazine groups is 2. The molecule has 38 heavy (non-hydrogen) atoms. The first-order chi connectivity index (χ1) is 18.5. The van der Waals surface area contributed by atoms with Crippen molar-refractivity contribution in [1.29, 1.82) is 5.26 Å². The van der Waals surface area contributed by atoms with E-state index in [9.17, 15) is 9.65 Å². The van der Waals surface area contributed by atoms with Gasteiger partial charge in [-0.2, -0.15) is 5.26 Å². The lowest BCUT2D eigenvalue weighted by atomic mass is 10.0. The van der Waals surface area contributed by atoms with E-state index in [2.05, 4.69) is 56.0 Å². The first-order valence-electron chi connectivity index (χ1n) is 12.1. The van der Waals surface area contributed by atoms with Crippen LogP contribution in [0, 0.1) is 17.1 Å². The molecule has 1 atom stereocenters. The molecule has 190 valence electrons. The molecule has 7 nitrogen and oxygen atoms in total. The summed E-state index contributed by atoms with van der Waals surface area (Å²) in [5.74, 6) is -0.525. The molecule has 1 saturated carbocycles. The van der Waals surface area contributed by atoms with Crippen LogP contribution in [0.15, 0.2) is 78.8 Å². The lowest BCUT2D eigenvalue weighted by Crippen LogP contribution is -2.38. The molecule has 0 radical (unpaired) electrons. The Balaban J connectivity index is 1.41. The third-order valence-electron chi connectivity index (χ3n) is 6.54. The zero-order valence-electron chi connectivity index (χ0n) is 20.0. The topological polar surface area (TPSA) is 88.0 Å². The monoisotopic (exact) mass is 545 g/mol. The summed E-state index contributed by atoms with van der Waals surface area (Å²) in [6.07, 6.45) is 5.87. The average Bonchev–Trinajstić information content (AvgIpc) is 3.67. The van der Waals surface area contributed by atoms with Gasteiger partial charge in [-0.3, -0.25) is 9.99 Å². The number of nitrogens with one attached hydrogen (secondary N) is 4. The molecule has 1 fully saturated rings. The molecule has 0 bridgehead atoms. The summed E-state index contributed by atoms with van der Waals surface area (Å²) in [5.41, 5.74) is 11.2. The summed E-state index contributed by atoms with van der Waals surface area (Å²) < 4.78 is 13.7. The van der Waals surface area contributed by atoms with Crippen LogP contribution in [0.3, 0.4) is 0 Å². The maximum Gasteiger partial charge on any atom is 0.141 e. The van der Waals surface area contributed by atoms with Crippen molar-refractivity contribution >= 4 is 51.2 Å². The fraction of sp³-hybridized carbons (Fsp3) is 0.143. The van der Waals surface area contributed by atoms with Gasteiger partial charge in [-0.1, -0.05) is 53.5 Å². The second-order valence-electron chi connectivity index (χ2n) is 9.21. The largest absolute Gasteiger partial charge is 0.373 e. The SMILES string of the molecule is N#Cc1cnc2c(Cl)cc(N[C@H](C3=CN(C4CC4)NN3)c3ccccc3)cc2c1Nc1ccc(F)c(Cl)c1. The van der Waals surface area contributed by atoms with E-state index in [-0.39, 0.29) is 11.1 Å². The van der Waals surface area contributed by atoms with Crippen molar-refractivity contribution in [3.63, 3.8) is 0 Å². The van der Waals surface area contributed by atoms with Gasteiger partial charge in [0.15, 0.2) is 0 Å². The summed E-state index contributed by atoms with van der Waals surface area (Å²) in [5, 5.41) is 19.8. The number of hydrogen-bond donors (Lipinski definition) is 4. The number of anilines is 3. The third kappa shape index (κ3) is 4.79. The highest BCUT2D eigenvalue weighted by Crippen LogP contribution is 2.37. The quantitative estimate of drug-likeness (QED) is 0.203. The summed E-state index contributed by atoms with van der Waals surface area (Å²) in [7, 11) is 0. The molecular weight excluding hydrogens is 524 g/mol. The minimum absolute atomic E-state index is 0.0239. The Labute approximate surface area is 228 Å². The van der Waals surface area contributed by atoms with E-state index < -0.39 is 5.82 Å². The molecule has 2 heterocycles. The Morgan fingerprint density at radius 1 is 1.05 bits per heavy atom. The number of pyridine rings is 1. The highest BCUT2D eigenvalue weighted by atomic mass is 35.5. The molecule has 4 aromatic rings. The summed E-state index contributed by atoms with van der Waals surface area (Å²) >= 11 is 12.7. The maximum absolute atomic E-state index is 13.7. The molecule has 2 aliphatic rings. The van der Waals surface area contributed by atoms with Gasteiger partial charge in [-0.15, -0.1) is 5.53 Å². The highest BCUT2D eigenvalue weighted by molar-refractivity contribution is 6.36. The van der Waals surface area contributed by atoms with Crippen LogP contribution in [0.25, 0.3) is 10.9 Å². The van der Waals surface area contributed by atoms with Crippen LogP contribution in [0.5, 0.6) is 0 Å². The maximum atomic E-state index is 13.7. The molecule has 1 aromatic heterocycles. The smallest absolute Gasteiger partial charge is 0.141 e. The zero-order valence-corrected chi connectivity index (χ0v) is 21.5. The number of fused-ring (bicyclic) bond motifs is 1. The van der Waals surface area contributed by atoms with Crippen LogP contribution in [0.2, 0.25) is 10.0 Å². The highest BCUT2D eigenvalue weighted by Gasteiger charge is 2.32. The molecule has 4 N–H and O–H groups in total. The van der Waals surface area contributed by atoms with E-state index in [1.165, 1.54) is 18.3 Å². The normalized spacial score (nSPS) is 15.5. The van der Waals surface area contributed by atoms with Gasteiger partial charge in [0.1, 0.15) is 11.9 Å². The zero-order chi connectivity index (χ0) is 26.2. The van der Waals surface area contributed by atoms with Crippen LogP contribution in [-0.4, -0.2) is 16.0 Å². The Kier molecular flexibility index (Phi) is 6.42. The van der Waals surface area contributed by atoms with Crippen molar-refractivity contribution < 1.29 is 4.39 Å². The van der Waals surface area contributed by atoms with Gasteiger partial charge in [0.05, 0.1) is 38.6 Å². The van der Waals surface area contributed by atoms with Gasteiger partial charge in [0.25, 0.3) is 0 Å². The molecule has 1 aliphatic heterocycles. The molecule has 3 aromatic carbocycles. The van der Waals surface area contributed by atoms with E-state index in [4.69, 9.17) is 23.2 Å². The lowest BCUT2D eigenvalue weighted by Gasteiger charge is -2.22. The fourth-order valence-corrected chi connectivity index (χ4v) is 4.92. The van der Waals surface area contributed by atoms with E-state index in [1.807, 2.05) is 30.3 Å². The van der Waals surface area contributed by atoms with Crippen molar-refractivity contribution in [2.45, 2.75) is 24.9 Å². The van der Waals surface area contributed by atoms with Gasteiger partial charge in [-0.05, 0) is 48.7 Å². The van der Waals surface area contributed by atoms with Gasteiger partial charge >= 0.3 is 0 Å². The fourth-order valence-electron chi connectivity index (χ4n) is 4.47. The second kappa shape index (κ2) is 10.0. The van der Waals surface area contributed by atoms with Crippen molar-refractivity contribution in [2.75, 3.05) is 10.6 Å². The minimum Gasteiger partial charge on any atom is -0.373 e. The molecule has 0 saturated heterocycles. The molecular formula is C28H22Cl2FN7. The Hall–Kier alpha value is -4.03. The lowest BCUT2D eigenvalue weighted by molar-refractivity contribution is 0.260. The van der Waals surface area contributed by atoms with E-state index in [1.54, 1.807) is 6.07 Å². The van der Waals surface area contributed by atoms with Gasteiger partial charge in [0, 0.05) is 35.2 Å². The number of hydrogen-bond acceptors (Lipinski definition) is 7. The van der Waals surface area contributed by atoms with E-state index >= 15 is 0 Å². The average molecular weight is 546 g/mol.